The Morgan fingerprint density at radius 2 is 2.06 bits per heavy atom. The first kappa shape index (κ1) is 22.1. The molecule has 174 valence electrons. The topological polar surface area (TPSA) is 99.0 Å². The Morgan fingerprint density at radius 3 is 2.79 bits per heavy atom. The van der Waals surface area contributed by atoms with Gasteiger partial charge in [-0.2, -0.15) is 15.0 Å². The minimum atomic E-state index is -2.83. The van der Waals surface area contributed by atoms with E-state index >= 15 is 0 Å². The molecule has 5 rings (SSSR count). The van der Waals surface area contributed by atoms with Crippen LogP contribution in [-0.4, -0.2) is 57.1 Å². The number of anilines is 2. The van der Waals surface area contributed by atoms with E-state index < -0.39 is 10.6 Å². The van der Waals surface area contributed by atoms with Crippen molar-refractivity contribution in [1.82, 2.24) is 14.9 Å². The van der Waals surface area contributed by atoms with Gasteiger partial charge < -0.3 is 14.5 Å². The van der Waals surface area contributed by atoms with Crippen LogP contribution in [0.4, 0.5) is 15.9 Å². The molecule has 0 saturated heterocycles. The van der Waals surface area contributed by atoms with Gasteiger partial charge in [0.05, 0.1) is 22.1 Å². The number of halogens is 1. The Bertz CT molecular complexity index is 1250. The van der Waals surface area contributed by atoms with Crippen molar-refractivity contribution in [3.8, 4) is 16.5 Å². The van der Waals surface area contributed by atoms with E-state index in [1.807, 2.05) is 23.1 Å². The average molecular weight is 491 g/mol. The highest BCUT2D eigenvalue weighted by Gasteiger charge is 2.34. The van der Waals surface area contributed by atoms with E-state index in [0.717, 1.165) is 29.0 Å². The molecule has 2 aliphatic rings. The molecule has 0 aliphatic carbocycles. The van der Waals surface area contributed by atoms with Gasteiger partial charge in [0.25, 0.3) is 5.91 Å². The van der Waals surface area contributed by atoms with Crippen LogP contribution < -0.4 is 9.64 Å². The van der Waals surface area contributed by atoms with Crippen LogP contribution in [0.1, 0.15) is 16.8 Å². The molecule has 0 unspecified atom stereocenters. The molecule has 8 nitrogen and oxygen atoms in total. The normalized spacial score (nSPS) is 16.9. The lowest BCUT2D eigenvalue weighted by atomic mass is 10.1. The first-order chi connectivity index (χ1) is 15.7. The predicted octanol–water partition coefficient (Wildman–Crippen LogP) is 4.27. The minimum Gasteiger partial charge on any atom is -0.484 e. The SMILES string of the molecule is CN(C)C(=O)COc1ccc2c(c1)N(c1nc(-c3ccc(F)s3)nc3c1CS(O)(O)C3)CC2. The van der Waals surface area contributed by atoms with Crippen molar-refractivity contribution in [3.05, 3.63) is 52.3 Å². The molecule has 0 bridgehead atoms. The number of likely N-dealkylation sites (N-methyl/N-ethyl adjacent to an activating group) is 1. The van der Waals surface area contributed by atoms with Crippen LogP contribution in [0, 0.1) is 5.13 Å². The highest BCUT2D eigenvalue weighted by atomic mass is 32.3. The number of carbonyl (C=O) groups excluding carboxylic acids is 1. The fourth-order valence-corrected chi connectivity index (χ4v) is 6.20. The molecule has 0 saturated carbocycles. The van der Waals surface area contributed by atoms with E-state index in [4.69, 9.17) is 9.72 Å². The van der Waals surface area contributed by atoms with Gasteiger partial charge in [-0.15, -0.1) is 11.3 Å². The second-order valence-corrected chi connectivity index (χ2v) is 11.5. The molecule has 1 aromatic carbocycles. The van der Waals surface area contributed by atoms with E-state index in [1.165, 1.54) is 11.0 Å². The molecule has 2 aliphatic heterocycles. The van der Waals surface area contributed by atoms with Crippen LogP contribution in [0.15, 0.2) is 30.3 Å². The van der Waals surface area contributed by atoms with Crippen LogP contribution in [-0.2, 0) is 22.7 Å². The molecule has 11 heteroatoms. The number of benzene rings is 1. The smallest absolute Gasteiger partial charge is 0.259 e. The van der Waals surface area contributed by atoms with Gasteiger partial charge in [0.15, 0.2) is 17.6 Å². The highest BCUT2D eigenvalue weighted by molar-refractivity contribution is 8.23. The lowest BCUT2D eigenvalue weighted by Gasteiger charge is -2.25. The van der Waals surface area contributed by atoms with E-state index in [0.29, 0.717) is 40.1 Å². The highest BCUT2D eigenvalue weighted by Crippen LogP contribution is 2.55. The molecule has 3 aromatic rings. The lowest BCUT2D eigenvalue weighted by Crippen LogP contribution is -2.27. The second-order valence-electron chi connectivity index (χ2n) is 8.26. The number of ether oxygens (including phenoxy) is 1. The Kier molecular flexibility index (Phi) is 5.52. The third-order valence-electron chi connectivity index (χ3n) is 5.68. The van der Waals surface area contributed by atoms with E-state index in [9.17, 15) is 18.3 Å². The summed E-state index contributed by atoms with van der Waals surface area (Å²) in [6.07, 6.45) is 0.782. The Hall–Kier alpha value is -2.73. The third kappa shape index (κ3) is 4.29. The number of aromatic nitrogens is 2. The first-order valence-corrected chi connectivity index (χ1v) is 13.0. The first-order valence-electron chi connectivity index (χ1n) is 10.3. The zero-order valence-electron chi connectivity index (χ0n) is 18.1. The molecule has 33 heavy (non-hydrogen) atoms. The maximum absolute atomic E-state index is 13.7. The number of hydrogen-bond acceptors (Lipinski definition) is 8. The van der Waals surface area contributed by atoms with Crippen molar-refractivity contribution < 1.29 is 23.0 Å². The number of amides is 1. The number of fused-ring (bicyclic) bond motifs is 2. The number of thiophene rings is 1. The van der Waals surface area contributed by atoms with E-state index in [2.05, 4.69) is 4.98 Å². The summed E-state index contributed by atoms with van der Waals surface area (Å²) in [6.45, 7) is 0.583. The second kappa shape index (κ2) is 8.24. The molecule has 1 amide bonds. The Balaban J connectivity index is 1.54. The van der Waals surface area contributed by atoms with Crippen molar-refractivity contribution in [2.24, 2.45) is 0 Å². The summed E-state index contributed by atoms with van der Waals surface area (Å²) in [7, 11) is 0.518. The molecular weight excluding hydrogens is 467 g/mol. The van der Waals surface area contributed by atoms with Crippen LogP contribution in [0.25, 0.3) is 10.7 Å². The summed E-state index contributed by atoms with van der Waals surface area (Å²) >= 11 is 0.953. The molecule has 2 N–H and O–H groups in total. The van der Waals surface area contributed by atoms with Crippen LogP contribution in [0.3, 0.4) is 0 Å². The minimum absolute atomic E-state index is 0.0647. The third-order valence-corrected chi connectivity index (χ3v) is 8.03. The number of carbonyl (C=O) groups is 1. The summed E-state index contributed by atoms with van der Waals surface area (Å²) in [6, 6.07) is 8.68. The van der Waals surface area contributed by atoms with Crippen molar-refractivity contribution >= 4 is 39.3 Å². The monoisotopic (exact) mass is 490 g/mol. The van der Waals surface area contributed by atoms with Crippen LogP contribution >= 0.6 is 21.9 Å². The van der Waals surface area contributed by atoms with Gasteiger partial charge in [-0.1, -0.05) is 6.07 Å². The predicted molar refractivity (Wildman–Crippen MR) is 127 cm³/mol. The van der Waals surface area contributed by atoms with Gasteiger partial charge in [-0.05, 0) is 30.2 Å². The van der Waals surface area contributed by atoms with Gasteiger partial charge in [-0.3, -0.25) is 13.9 Å². The fraction of sp³-hybridized carbons (Fsp3) is 0.318. The van der Waals surface area contributed by atoms with Crippen LogP contribution in [0.2, 0.25) is 0 Å². The molecular formula is C22H23FN4O4S2. The van der Waals surface area contributed by atoms with Gasteiger partial charge >= 0.3 is 0 Å². The van der Waals surface area contributed by atoms with Gasteiger partial charge in [0.1, 0.15) is 11.6 Å². The maximum atomic E-state index is 13.7. The van der Waals surface area contributed by atoms with Crippen molar-refractivity contribution in [2.75, 3.05) is 32.1 Å². The molecule has 4 heterocycles. The number of hydrogen-bond donors (Lipinski definition) is 2. The quantitative estimate of drug-likeness (QED) is 0.551. The zero-order chi connectivity index (χ0) is 23.3. The van der Waals surface area contributed by atoms with Gasteiger partial charge in [0.2, 0.25) is 0 Å². The zero-order valence-corrected chi connectivity index (χ0v) is 19.7. The number of rotatable bonds is 5. The molecule has 0 radical (unpaired) electrons. The lowest BCUT2D eigenvalue weighted by molar-refractivity contribution is -0.130. The van der Waals surface area contributed by atoms with Crippen molar-refractivity contribution in [3.63, 3.8) is 0 Å². The summed E-state index contributed by atoms with van der Waals surface area (Å²) < 4.78 is 40.1. The molecule has 0 fully saturated rings. The standard InChI is InChI=1S/C22H23FN4O4S2/c1-26(2)20(28)10-31-14-4-3-13-7-8-27(17(13)9-14)22-15-11-33(29,30)12-16(15)24-21(25-22)18-5-6-19(23)32-18/h3-6,9,29-30H,7-8,10-12H2,1-2H3. The molecule has 0 spiro atoms. The van der Waals surface area contributed by atoms with Crippen LogP contribution in [0.5, 0.6) is 5.75 Å². The summed E-state index contributed by atoms with van der Waals surface area (Å²) in [5.41, 5.74) is 3.28. The average Bonchev–Trinajstić information content (AvgIpc) is 3.46. The van der Waals surface area contributed by atoms with Crippen molar-refractivity contribution in [2.45, 2.75) is 17.9 Å². The summed E-state index contributed by atoms with van der Waals surface area (Å²) in [5, 5.41) is -0.333. The number of nitrogens with zero attached hydrogens (tertiary/aromatic N) is 4. The van der Waals surface area contributed by atoms with Gasteiger partial charge in [-0.25, -0.2) is 9.97 Å². The van der Waals surface area contributed by atoms with Gasteiger partial charge in [0, 0.05) is 38.0 Å². The largest absolute Gasteiger partial charge is 0.484 e. The fourth-order valence-electron chi connectivity index (χ4n) is 4.00. The Labute approximate surface area is 196 Å². The van der Waals surface area contributed by atoms with E-state index in [1.54, 1.807) is 20.2 Å². The molecule has 2 aromatic heterocycles. The summed E-state index contributed by atoms with van der Waals surface area (Å²) in [5.74, 6) is 1.55. The summed E-state index contributed by atoms with van der Waals surface area (Å²) in [4.78, 5) is 25.3. The maximum Gasteiger partial charge on any atom is 0.259 e. The van der Waals surface area contributed by atoms with Crippen molar-refractivity contribution in [1.29, 1.82) is 0 Å². The Morgan fingerprint density at radius 1 is 1.24 bits per heavy atom. The van der Waals surface area contributed by atoms with E-state index in [-0.39, 0.29) is 29.2 Å². The molecule has 0 atom stereocenters.